The van der Waals surface area contributed by atoms with Crippen molar-refractivity contribution in [3.63, 3.8) is 0 Å². The minimum atomic E-state index is -0.919. The minimum Gasteiger partial charge on any atom is -0.481 e. The fourth-order valence-corrected chi connectivity index (χ4v) is 11.6. The van der Waals surface area contributed by atoms with Crippen LogP contribution in [0.25, 0.3) is 0 Å². The zero-order valence-corrected chi connectivity index (χ0v) is 88.6. The highest BCUT2D eigenvalue weighted by molar-refractivity contribution is 7.60. The molecule has 26 nitrogen and oxygen atoms in total. The Kier molecular flexibility index (Phi) is 144. The predicted molar refractivity (Wildman–Crippen MR) is 556 cm³/mol. The summed E-state index contributed by atoms with van der Waals surface area (Å²) in [6, 6.07) is 0. The second-order valence-electron chi connectivity index (χ2n) is 28.7. The number of aliphatic hydroxyl groups is 6. The van der Waals surface area contributed by atoms with Gasteiger partial charge in [0, 0.05) is 67.2 Å². The molecule has 124 heavy (non-hydrogen) atoms. The number of rotatable bonds is 66. The standard InChI is InChI=1S/C25H42O8.C24H40O8.C19H36O5.C18H34O5.12H2S/c1-6-7-11-15-23(32-20(3)27)24(33-21(4)28)18-17-22(31-19(2)26)14-12-9-8-10-13-16-25(29)30-5;1-5-6-10-14-22(31-19(3)26)23(32-20(4)27)17-16-21(30-18(2)25)13-11-8-7-9-12-15-24(28)29;1-3-4-8-12-17(21)18(22)15-14-16(20)11-9-6-5-7-10-13-19(23)24-2;1-2-3-7-11-16(20)17(21)14-13-15(19)10-8-5-4-6-9-12-18(22)23;;;;;;;;;;;;/h17-18,22-24H,6-16H2,1-5H3;16-17,21-23H,5-15H2,1-4H3,(H,28,29);14-18,20-22H,3-13H2,1-2H3;13-17,19-21H,2-12H2,1H3,(H,22,23);12*1H2/b18-17+;17-16+;15-14+;14-13+;;;;;;;;;;;;/t22-,23-,24-;21-,22-,23-;16-,17-,18-;15-,16-,17-;;;;;;;;;;;;/m0000............/s1. The van der Waals surface area contributed by atoms with E-state index in [0.717, 1.165) is 193 Å². The summed E-state index contributed by atoms with van der Waals surface area (Å²) in [7, 11) is 2.79. The number of esters is 8. The summed E-state index contributed by atoms with van der Waals surface area (Å²) < 4.78 is 41.6. The maximum Gasteiger partial charge on any atom is 0.305 e. The van der Waals surface area contributed by atoms with Crippen LogP contribution < -0.4 is 0 Å². The molecule has 0 heterocycles. The SMILES string of the molecule is CCCCC[C@H](O)[C@@H](O)/C=C/[C@@H](O)CCCCCCCC(=O)O.CCCCC[C@H](O)[C@@H](O)/C=C/[C@@H](O)CCCCCCCC(=O)OC.CCCCC[C@H](OC(C)=O)[C@H](/C=C/[C@H](CCCCCCCC(=O)O)OC(C)=O)OC(C)=O.CCCCC[C@H](OC(C)=O)[C@H](/C=C/[C@H](CCCCCCCC(=O)OC)OC(C)=O)OC(C)=O.S.S.S.S.S.S.S.S.S.S.S.S. The molecule has 0 unspecified atom stereocenters. The number of methoxy groups -OCH3 is 2. The number of carboxylic acids is 2. The summed E-state index contributed by atoms with van der Waals surface area (Å²) in [5.41, 5.74) is 0. The largest absolute Gasteiger partial charge is 0.481 e. The zero-order valence-electron chi connectivity index (χ0n) is 76.6. The molecule has 0 saturated carbocycles. The predicted octanol–water partition coefficient (Wildman–Crippen LogP) is 17.0. The van der Waals surface area contributed by atoms with E-state index in [1.807, 2.05) is 0 Å². The highest BCUT2D eigenvalue weighted by Crippen LogP contribution is 2.22. The van der Waals surface area contributed by atoms with Crippen molar-refractivity contribution in [2.75, 3.05) is 14.2 Å². The van der Waals surface area contributed by atoms with E-state index < -0.39 is 121 Å². The molecule has 0 rings (SSSR count). The van der Waals surface area contributed by atoms with Gasteiger partial charge in [0.2, 0.25) is 0 Å². The molecule has 0 radical (unpaired) electrons. The Morgan fingerprint density at radius 2 is 0.476 bits per heavy atom. The van der Waals surface area contributed by atoms with Crippen LogP contribution in [0.1, 0.15) is 352 Å². The third-order valence-corrected chi connectivity index (χ3v) is 17.9. The monoisotopic (exact) mass is 2010 g/mol. The number of carbonyl (C=O) groups excluding carboxylic acids is 8. The summed E-state index contributed by atoms with van der Waals surface area (Å²) in [5, 5.41) is 76.0. The quantitative estimate of drug-likeness (QED) is 0.0121. The molecule has 0 aliphatic rings. The van der Waals surface area contributed by atoms with Crippen molar-refractivity contribution in [2.45, 2.75) is 425 Å². The van der Waals surface area contributed by atoms with Crippen LogP contribution in [0.3, 0.4) is 0 Å². The van der Waals surface area contributed by atoms with Crippen molar-refractivity contribution in [3.8, 4) is 0 Å². The first-order valence-corrected chi connectivity index (χ1v) is 41.7. The molecule has 38 heteroatoms. The van der Waals surface area contributed by atoms with Gasteiger partial charge < -0.3 is 78.7 Å². The van der Waals surface area contributed by atoms with Crippen LogP contribution in [-0.4, -0.2) is 188 Å². The molecule has 0 aromatic rings. The van der Waals surface area contributed by atoms with Gasteiger partial charge >= 0.3 is 59.7 Å². The van der Waals surface area contributed by atoms with Gasteiger partial charge in [0.1, 0.15) is 24.4 Å². The normalized spacial score (nSPS) is 13.1. The lowest BCUT2D eigenvalue weighted by Gasteiger charge is -2.24. The van der Waals surface area contributed by atoms with Crippen molar-refractivity contribution in [2.24, 2.45) is 0 Å². The fraction of sp³-hybridized carbons (Fsp3) is 0.791. The average molecular weight is 2010 g/mol. The van der Waals surface area contributed by atoms with Crippen molar-refractivity contribution >= 4 is 222 Å². The summed E-state index contributed by atoms with van der Waals surface area (Å²) >= 11 is 0. The van der Waals surface area contributed by atoms with Crippen LogP contribution in [0.4, 0.5) is 0 Å². The highest BCUT2D eigenvalue weighted by Gasteiger charge is 2.28. The summed E-state index contributed by atoms with van der Waals surface area (Å²) in [6.07, 6.45) is 40.1. The molecule has 0 saturated heterocycles. The molecule has 0 spiro atoms. The average Bonchev–Trinajstić information content (AvgIpc) is 0.894. The van der Waals surface area contributed by atoms with E-state index in [1.165, 1.54) is 67.9 Å². The van der Waals surface area contributed by atoms with Gasteiger partial charge in [-0.2, -0.15) is 162 Å². The Labute approximate surface area is 829 Å². The topological polar surface area (TPSA) is 406 Å². The Morgan fingerprint density at radius 3 is 0.718 bits per heavy atom. The molecule has 748 valence electrons. The van der Waals surface area contributed by atoms with E-state index >= 15 is 0 Å². The summed E-state index contributed by atoms with van der Waals surface area (Å²) in [6.45, 7) is 16.3. The van der Waals surface area contributed by atoms with Crippen molar-refractivity contribution < 1.29 is 127 Å². The van der Waals surface area contributed by atoms with Gasteiger partial charge in [0.05, 0.1) is 50.8 Å². The summed E-state index contributed by atoms with van der Waals surface area (Å²) in [4.78, 5) is 112. The maximum absolute atomic E-state index is 11.6. The molecular formula is C86H176O26S12. The minimum absolute atomic E-state index is 0. The van der Waals surface area contributed by atoms with Gasteiger partial charge in [-0.3, -0.25) is 47.9 Å². The van der Waals surface area contributed by atoms with E-state index in [0.29, 0.717) is 77.0 Å². The van der Waals surface area contributed by atoms with Crippen molar-refractivity contribution in [1.29, 1.82) is 0 Å². The molecule has 0 bridgehead atoms. The van der Waals surface area contributed by atoms with Gasteiger partial charge in [-0.15, -0.1) is 0 Å². The van der Waals surface area contributed by atoms with Crippen LogP contribution in [-0.2, 0) is 85.8 Å². The first-order valence-electron chi connectivity index (χ1n) is 41.7. The number of ether oxygens (including phenoxy) is 8. The van der Waals surface area contributed by atoms with Crippen LogP contribution in [0.15, 0.2) is 48.6 Å². The van der Waals surface area contributed by atoms with Crippen LogP contribution in [0, 0.1) is 0 Å². The third kappa shape index (κ3) is 114. The van der Waals surface area contributed by atoms with E-state index in [-0.39, 0.29) is 187 Å². The van der Waals surface area contributed by atoms with Crippen LogP contribution in [0.2, 0.25) is 0 Å². The first kappa shape index (κ1) is 159. The first-order chi connectivity index (χ1) is 53.3. The molecule has 0 aromatic heterocycles. The number of aliphatic hydroxyl groups excluding tert-OH is 6. The molecule has 0 aliphatic heterocycles. The van der Waals surface area contributed by atoms with Gasteiger partial charge in [0.25, 0.3) is 0 Å². The van der Waals surface area contributed by atoms with E-state index in [1.54, 1.807) is 36.5 Å². The number of hydrogen-bond acceptors (Lipinski definition) is 24. The van der Waals surface area contributed by atoms with Gasteiger partial charge in [-0.05, 0) is 127 Å². The molecule has 0 fully saturated rings. The molecular weight excluding hydrogens is 1830 g/mol. The van der Waals surface area contributed by atoms with E-state index in [2.05, 4.69) is 37.2 Å². The van der Waals surface area contributed by atoms with Gasteiger partial charge in [0.15, 0.2) is 12.2 Å². The lowest BCUT2D eigenvalue weighted by Crippen LogP contribution is -2.33. The lowest BCUT2D eigenvalue weighted by molar-refractivity contribution is -0.162. The Morgan fingerprint density at radius 1 is 0.250 bits per heavy atom. The van der Waals surface area contributed by atoms with Gasteiger partial charge in [-0.1, -0.05) is 206 Å². The van der Waals surface area contributed by atoms with Crippen molar-refractivity contribution in [3.05, 3.63) is 48.6 Å². The highest BCUT2D eigenvalue weighted by atomic mass is 32.1. The number of unbranched alkanes of at least 4 members (excludes halogenated alkanes) is 24. The molecule has 8 N–H and O–H groups in total. The smallest absolute Gasteiger partial charge is 0.305 e. The van der Waals surface area contributed by atoms with Gasteiger partial charge in [-0.25, -0.2) is 0 Å². The molecule has 0 aromatic carbocycles. The number of carbonyl (C=O) groups is 10. The number of carboxylic acid groups (broad SMARTS) is 2. The Bertz CT molecular complexity index is 2570. The number of hydrogen-bond donors (Lipinski definition) is 8. The molecule has 0 amide bonds. The van der Waals surface area contributed by atoms with Crippen LogP contribution >= 0.6 is 162 Å². The Hall–Kier alpha value is -2.38. The molecule has 12 atom stereocenters. The second-order valence-corrected chi connectivity index (χ2v) is 28.7. The Balaban J connectivity index is -0.0000000877. The second kappa shape index (κ2) is 113. The zero-order chi connectivity index (χ0) is 85.1. The lowest BCUT2D eigenvalue weighted by atomic mass is 10.0. The third-order valence-electron chi connectivity index (χ3n) is 17.9. The van der Waals surface area contributed by atoms with Crippen LogP contribution in [0.5, 0.6) is 0 Å². The van der Waals surface area contributed by atoms with E-state index in [9.17, 15) is 78.6 Å². The maximum atomic E-state index is 11.6. The van der Waals surface area contributed by atoms with Crippen molar-refractivity contribution in [1.82, 2.24) is 0 Å². The number of aliphatic carboxylic acids is 2. The fourth-order valence-electron chi connectivity index (χ4n) is 11.6. The van der Waals surface area contributed by atoms with E-state index in [4.69, 9.17) is 38.6 Å². The summed E-state index contributed by atoms with van der Waals surface area (Å²) in [5.74, 6) is -4.55. The molecule has 0 aliphatic carbocycles.